The zero-order valence-electron chi connectivity index (χ0n) is 25.8. The number of carbonyl (C=O) groups excluding carboxylic acids is 2. The quantitative estimate of drug-likeness (QED) is 0.156. The number of allylic oxidation sites excluding steroid dienone is 1. The summed E-state index contributed by atoms with van der Waals surface area (Å²) in [5, 5.41) is 34.5. The fraction of sp³-hybridized carbons (Fsp3) is 0.200. The number of benzene rings is 4. The van der Waals surface area contributed by atoms with Gasteiger partial charge in [-0.15, -0.1) is 0 Å². The maximum Gasteiger partial charge on any atom is 0.205 e. The van der Waals surface area contributed by atoms with Gasteiger partial charge in [-0.25, -0.2) is 0 Å². The number of aromatic hydroxyl groups is 3. The van der Waals surface area contributed by atoms with Crippen molar-refractivity contribution < 1.29 is 48.6 Å². The third-order valence-electron chi connectivity index (χ3n) is 7.88. The number of hydrogen-bond acceptors (Lipinski definition) is 10. The summed E-state index contributed by atoms with van der Waals surface area (Å²) < 4.78 is 28.0. The first-order valence-corrected chi connectivity index (χ1v) is 13.8. The van der Waals surface area contributed by atoms with E-state index in [1.54, 1.807) is 43.3 Å². The highest BCUT2D eigenvalue weighted by Gasteiger charge is 2.43. The number of hydrogen-bond donors (Lipinski definition) is 3. The molecule has 5 rings (SSSR count). The maximum absolute atomic E-state index is 14.7. The van der Waals surface area contributed by atoms with Crippen LogP contribution < -0.4 is 23.7 Å². The zero-order chi connectivity index (χ0) is 32.7. The minimum atomic E-state index is -0.790. The standard InChI is InChI=1S/C35H32O10/c1-16-14-19(37)25(33(39)27-22(43-5)12-9-13-23(27)44-6)29(32(16)38)30-28(26-20(41-3)10-8-11-21(26)42-4)24-18(36)15-17(2)35(45-7)31(24)34(30)40/h8-15,36-38H,1-7H3. The van der Waals surface area contributed by atoms with Crippen molar-refractivity contribution in [3.63, 3.8) is 0 Å². The molecule has 4 aromatic rings. The van der Waals surface area contributed by atoms with Gasteiger partial charge in [0, 0.05) is 22.3 Å². The van der Waals surface area contributed by atoms with Crippen LogP contribution in [0, 0.1) is 13.8 Å². The summed E-state index contributed by atoms with van der Waals surface area (Å²) in [6.07, 6.45) is 0. The molecule has 10 heteroatoms. The SMILES string of the molecule is COc1cccc(OC)c1C(=O)c1c(O)cc(C)c(O)c1C1=C(c2c(OC)cccc2OC)c2c(O)cc(C)c(OC)c2C1=O. The third kappa shape index (κ3) is 4.66. The van der Waals surface area contributed by atoms with E-state index in [1.165, 1.54) is 54.6 Å². The molecule has 0 bridgehead atoms. The number of methoxy groups -OCH3 is 5. The van der Waals surface area contributed by atoms with Gasteiger partial charge in [0.1, 0.15) is 51.6 Å². The van der Waals surface area contributed by atoms with Crippen molar-refractivity contribution in [2.45, 2.75) is 13.8 Å². The van der Waals surface area contributed by atoms with Crippen LogP contribution in [0.15, 0.2) is 48.5 Å². The lowest BCUT2D eigenvalue weighted by atomic mass is 9.85. The van der Waals surface area contributed by atoms with Gasteiger partial charge in [0.25, 0.3) is 0 Å². The fourth-order valence-corrected chi connectivity index (χ4v) is 5.93. The largest absolute Gasteiger partial charge is 0.507 e. The average molecular weight is 613 g/mol. The van der Waals surface area contributed by atoms with Crippen LogP contribution >= 0.6 is 0 Å². The van der Waals surface area contributed by atoms with Crippen molar-refractivity contribution >= 4 is 22.7 Å². The number of fused-ring (bicyclic) bond motifs is 1. The Hall–Kier alpha value is -5.64. The molecule has 0 saturated carbocycles. The molecule has 0 heterocycles. The molecule has 45 heavy (non-hydrogen) atoms. The highest BCUT2D eigenvalue weighted by molar-refractivity contribution is 6.44. The lowest BCUT2D eigenvalue weighted by Crippen LogP contribution is -2.12. The highest BCUT2D eigenvalue weighted by atomic mass is 16.5. The molecule has 3 N–H and O–H groups in total. The molecule has 0 aromatic heterocycles. The Morgan fingerprint density at radius 1 is 0.578 bits per heavy atom. The molecular formula is C35H32O10. The van der Waals surface area contributed by atoms with E-state index in [9.17, 15) is 24.9 Å². The van der Waals surface area contributed by atoms with Crippen LogP contribution in [0.25, 0.3) is 11.1 Å². The summed E-state index contributed by atoms with van der Waals surface area (Å²) >= 11 is 0. The molecule has 10 nitrogen and oxygen atoms in total. The van der Waals surface area contributed by atoms with E-state index in [1.807, 2.05) is 0 Å². The van der Waals surface area contributed by atoms with Gasteiger partial charge in [-0.3, -0.25) is 9.59 Å². The molecule has 0 saturated heterocycles. The summed E-state index contributed by atoms with van der Waals surface area (Å²) in [6.45, 7) is 3.20. The van der Waals surface area contributed by atoms with Crippen LogP contribution in [0.5, 0.6) is 46.0 Å². The van der Waals surface area contributed by atoms with Crippen molar-refractivity contribution in [1.29, 1.82) is 0 Å². The van der Waals surface area contributed by atoms with Gasteiger partial charge in [-0.1, -0.05) is 12.1 Å². The fourth-order valence-electron chi connectivity index (χ4n) is 5.93. The van der Waals surface area contributed by atoms with Crippen molar-refractivity contribution in [1.82, 2.24) is 0 Å². The maximum atomic E-state index is 14.7. The van der Waals surface area contributed by atoms with Crippen LogP contribution in [-0.2, 0) is 0 Å². The Morgan fingerprint density at radius 3 is 1.60 bits per heavy atom. The van der Waals surface area contributed by atoms with Crippen LogP contribution in [0.1, 0.15) is 54.1 Å². The van der Waals surface area contributed by atoms with Gasteiger partial charge in [-0.2, -0.15) is 0 Å². The van der Waals surface area contributed by atoms with E-state index >= 15 is 0 Å². The number of carbonyl (C=O) groups is 2. The van der Waals surface area contributed by atoms with Gasteiger partial charge >= 0.3 is 0 Å². The van der Waals surface area contributed by atoms with Crippen molar-refractivity contribution in [3.05, 3.63) is 93.0 Å². The van der Waals surface area contributed by atoms with E-state index < -0.39 is 28.6 Å². The van der Waals surface area contributed by atoms with Crippen LogP contribution in [0.2, 0.25) is 0 Å². The molecular weight excluding hydrogens is 580 g/mol. The Balaban J connectivity index is 2.02. The molecule has 1 aliphatic rings. The van der Waals surface area contributed by atoms with Crippen molar-refractivity contribution in [2.24, 2.45) is 0 Å². The molecule has 0 radical (unpaired) electrons. The van der Waals surface area contributed by atoms with Gasteiger partial charge < -0.3 is 39.0 Å². The second kappa shape index (κ2) is 11.8. The first-order valence-electron chi connectivity index (χ1n) is 13.8. The monoisotopic (exact) mass is 612 g/mol. The number of ketones is 2. The first kappa shape index (κ1) is 30.8. The Kier molecular flexibility index (Phi) is 8.08. The van der Waals surface area contributed by atoms with Gasteiger partial charge in [0.05, 0.1) is 52.2 Å². The third-order valence-corrected chi connectivity index (χ3v) is 7.88. The number of aryl methyl sites for hydroxylation is 2. The van der Waals surface area contributed by atoms with E-state index in [4.69, 9.17) is 23.7 Å². The Labute approximate surface area is 259 Å². The number of rotatable bonds is 9. The molecule has 1 aliphatic carbocycles. The van der Waals surface area contributed by atoms with Crippen LogP contribution in [0.4, 0.5) is 0 Å². The molecule has 232 valence electrons. The molecule has 0 unspecified atom stereocenters. The number of phenols is 3. The topological polar surface area (TPSA) is 141 Å². The summed E-state index contributed by atoms with van der Waals surface area (Å²) in [4.78, 5) is 29.2. The van der Waals surface area contributed by atoms with E-state index in [2.05, 4.69) is 0 Å². The van der Waals surface area contributed by atoms with Crippen LogP contribution in [-0.4, -0.2) is 62.4 Å². The Bertz CT molecular complexity index is 1870. The summed E-state index contributed by atoms with van der Waals surface area (Å²) in [5.74, 6) is -1.66. The van der Waals surface area contributed by atoms with Crippen molar-refractivity contribution in [2.75, 3.05) is 35.5 Å². The summed E-state index contributed by atoms with van der Waals surface area (Å²) in [7, 11) is 7.02. The lowest BCUT2D eigenvalue weighted by Gasteiger charge is -2.20. The number of phenolic OH excluding ortho intramolecular Hbond substituents is 3. The Morgan fingerprint density at radius 2 is 1.09 bits per heavy atom. The molecule has 0 amide bonds. The van der Waals surface area contributed by atoms with Crippen LogP contribution in [0.3, 0.4) is 0 Å². The number of Topliss-reactive ketones (excluding diaryl/α,β-unsaturated/α-hetero) is 1. The van der Waals surface area contributed by atoms with Crippen molar-refractivity contribution in [3.8, 4) is 46.0 Å². The van der Waals surface area contributed by atoms with E-state index in [0.29, 0.717) is 5.56 Å². The molecule has 0 aliphatic heterocycles. The predicted octanol–water partition coefficient (Wildman–Crippen LogP) is 5.85. The minimum absolute atomic E-state index is 0.00151. The zero-order valence-corrected chi connectivity index (χ0v) is 25.8. The summed E-state index contributed by atoms with van der Waals surface area (Å²) in [5.41, 5.74) is 0.199. The molecule has 0 spiro atoms. The number of ether oxygens (including phenoxy) is 5. The first-order chi connectivity index (χ1) is 21.6. The predicted molar refractivity (Wildman–Crippen MR) is 167 cm³/mol. The average Bonchev–Trinajstić information content (AvgIpc) is 3.33. The van der Waals surface area contributed by atoms with Gasteiger partial charge in [0.2, 0.25) is 5.78 Å². The second-order valence-corrected chi connectivity index (χ2v) is 10.3. The van der Waals surface area contributed by atoms with Gasteiger partial charge in [-0.05, 0) is 61.4 Å². The molecule has 0 fully saturated rings. The smallest absolute Gasteiger partial charge is 0.205 e. The summed E-state index contributed by atoms with van der Waals surface area (Å²) in [6, 6.07) is 12.4. The van der Waals surface area contributed by atoms with Gasteiger partial charge in [0.15, 0.2) is 5.78 Å². The minimum Gasteiger partial charge on any atom is -0.507 e. The van der Waals surface area contributed by atoms with E-state index in [-0.39, 0.29) is 79.0 Å². The lowest BCUT2D eigenvalue weighted by molar-refractivity contribution is 0.102. The normalized spacial score (nSPS) is 12.2. The molecule has 0 atom stereocenters. The van der Waals surface area contributed by atoms with E-state index in [0.717, 1.165) is 0 Å². The highest BCUT2D eigenvalue weighted by Crippen LogP contribution is 2.56. The molecule has 4 aromatic carbocycles. The second-order valence-electron chi connectivity index (χ2n) is 10.3.